The van der Waals surface area contributed by atoms with Crippen LogP contribution in [0, 0.1) is 0 Å². The zero-order chi connectivity index (χ0) is 24.8. The fourth-order valence-corrected chi connectivity index (χ4v) is 3.85. The molecule has 0 fully saturated rings. The van der Waals surface area contributed by atoms with Crippen molar-refractivity contribution in [3.05, 3.63) is 63.6 Å². The average Bonchev–Trinajstić information content (AvgIpc) is 2.76. The summed E-state index contributed by atoms with van der Waals surface area (Å²) in [6.45, 7) is 11.8. The number of nitrogens with one attached hydrogen (secondary N) is 1. The number of para-hydroxylation sites is 1. The number of halogens is 2. The lowest BCUT2D eigenvalue weighted by atomic mass is 9.86. The number of ether oxygens (including phenoxy) is 1. The Morgan fingerprint density at radius 3 is 2.21 bits per heavy atom. The molecule has 1 N–H and O–H groups in total. The lowest BCUT2D eigenvalue weighted by Crippen LogP contribution is -2.50. The van der Waals surface area contributed by atoms with Crippen LogP contribution in [0.1, 0.15) is 59.1 Å². The molecule has 5 nitrogen and oxygen atoms in total. The van der Waals surface area contributed by atoms with E-state index in [2.05, 4.69) is 26.1 Å². The van der Waals surface area contributed by atoms with Crippen molar-refractivity contribution in [2.45, 2.75) is 72.0 Å². The number of carbonyl (C=O) groups excluding carboxylic acids is 2. The number of nitrogens with zero attached hydrogens (tertiary/aromatic N) is 1. The lowest BCUT2D eigenvalue weighted by molar-refractivity contribution is -0.142. The van der Waals surface area contributed by atoms with Gasteiger partial charge in [-0.25, -0.2) is 0 Å². The van der Waals surface area contributed by atoms with Crippen molar-refractivity contribution in [3.63, 3.8) is 0 Å². The second-order valence-corrected chi connectivity index (χ2v) is 10.1. The molecule has 0 aromatic heterocycles. The van der Waals surface area contributed by atoms with Gasteiger partial charge in [-0.15, -0.1) is 0 Å². The van der Waals surface area contributed by atoms with E-state index in [1.54, 1.807) is 25.1 Å². The Kier molecular flexibility index (Phi) is 9.62. The van der Waals surface area contributed by atoms with Crippen LogP contribution in [0.3, 0.4) is 0 Å². The Hall–Kier alpha value is -2.24. The van der Waals surface area contributed by atoms with Gasteiger partial charge >= 0.3 is 0 Å². The monoisotopic (exact) mass is 492 g/mol. The minimum absolute atomic E-state index is 0.00397. The molecule has 0 saturated heterocycles. The third-order valence-corrected chi connectivity index (χ3v) is 6.31. The van der Waals surface area contributed by atoms with Gasteiger partial charge in [0.1, 0.15) is 11.8 Å². The van der Waals surface area contributed by atoms with E-state index in [0.717, 1.165) is 12.0 Å². The fourth-order valence-electron chi connectivity index (χ4n) is 3.34. The number of rotatable bonds is 9. The van der Waals surface area contributed by atoms with E-state index in [1.165, 1.54) is 4.90 Å². The molecule has 2 atom stereocenters. The predicted octanol–water partition coefficient (Wildman–Crippen LogP) is 6.00. The van der Waals surface area contributed by atoms with Gasteiger partial charge in [0, 0.05) is 28.2 Å². The highest BCUT2D eigenvalue weighted by Crippen LogP contribution is 2.31. The van der Waals surface area contributed by atoms with Crippen molar-refractivity contribution in [1.82, 2.24) is 10.2 Å². The largest absolute Gasteiger partial charge is 0.483 e. The van der Waals surface area contributed by atoms with Gasteiger partial charge in [0.25, 0.3) is 5.91 Å². The number of carbonyl (C=O) groups is 2. The van der Waals surface area contributed by atoms with Crippen LogP contribution in [-0.2, 0) is 21.5 Å². The molecule has 0 saturated carbocycles. The van der Waals surface area contributed by atoms with E-state index in [-0.39, 0.29) is 36.4 Å². The van der Waals surface area contributed by atoms with E-state index in [1.807, 2.05) is 38.1 Å². The highest BCUT2D eigenvalue weighted by atomic mass is 35.5. The Morgan fingerprint density at radius 2 is 1.64 bits per heavy atom. The van der Waals surface area contributed by atoms with Crippen molar-refractivity contribution in [3.8, 4) is 5.75 Å². The quantitative estimate of drug-likeness (QED) is 0.466. The molecular formula is C26H34Cl2N2O3. The molecular weight excluding hydrogens is 459 g/mol. The lowest BCUT2D eigenvalue weighted by Gasteiger charge is -2.30. The van der Waals surface area contributed by atoms with Gasteiger partial charge in [-0.2, -0.15) is 0 Å². The summed E-state index contributed by atoms with van der Waals surface area (Å²) in [5.74, 6) is 0.0725. The van der Waals surface area contributed by atoms with Crippen LogP contribution < -0.4 is 10.1 Å². The first-order chi connectivity index (χ1) is 15.5. The standard InChI is InChI=1S/C26H34Cl2N2O3/c1-7-17(2)29-25(32)18(3)30(15-19-21(27)12-10-13-22(19)28)24(31)16-33-23-14-9-8-11-20(23)26(4,5)6/h8-14,17-18H,7,15-16H2,1-6H3,(H,29,32)/t17-,18+/m0/s1. The number of hydrogen-bond acceptors (Lipinski definition) is 3. The summed E-state index contributed by atoms with van der Waals surface area (Å²) in [6, 6.07) is 12.1. The molecule has 0 unspecified atom stereocenters. The minimum atomic E-state index is -0.736. The van der Waals surface area contributed by atoms with Crippen molar-refractivity contribution in [2.75, 3.05) is 6.61 Å². The van der Waals surface area contributed by atoms with Gasteiger partial charge in [0.15, 0.2) is 6.61 Å². The molecule has 2 rings (SSSR count). The second-order valence-electron chi connectivity index (χ2n) is 9.25. The van der Waals surface area contributed by atoms with Crippen LogP contribution in [0.4, 0.5) is 0 Å². The van der Waals surface area contributed by atoms with Gasteiger partial charge in [-0.05, 0) is 49.4 Å². The van der Waals surface area contributed by atoms with E-state index >= 15 is 0 Å². The van der Waals surface area contributed by atoms with Crippen LogP contribution in [0.2, 0.25) is 10.0 Å². The van der Waals surface area contributed by atoms with Gasteiger partial charge in [0.05, 0.1) is 0 Å². The van der Waals surface area contributed by atoms with Gasteiger partial charge in [-0.1, -0.05) is 75.2 Å². The maximum Gasteiger partial charge on any atom is 0.261 e. The third kappa shape index (κ3) is 7.38. The van der Waals surface area contributed by atoms with E-state index in [0.29, 0.717) is 21.4 Å². The molecule has 2 aromatic carbocycles. The van der Waals surface area contributed by atoms with Crippen molar-refractivity contribution in [1.29, 1.82) is 0 Å². The van der Waals surface area contributed by atoms with Crippen LogP contribution in [0.15, 0.2) is 42.5 Å². The van der Waals surface area contributed by atoms with Crippen LogP contribution in [-0.4, -0.2) is 35.4 Å². The van der Waals surface area contributed by atoms with Gasteiger partial charge < -0.3 is 15.0 Å². The Bertz CT molecular complexity index is 952. The van der Waals surface area contributed by atoms with Crippen molar-refractivity contribution >= 4 is 35.0 Å². The van der Waals surface area contributed by atoms with E-state index in [4.69, 9.17) is 27.9 Å². The molecule has 2 amide bonds. The summed E-state index contributed by atoms with van der Waals surface area (Å²) in [6.07, 6.45) is 0.787. The third-order valence-electron chi connectivity index (χ3n) is 5.60. The minimum Gasteiger partial charge on any atom is -0.483 e. The van der Waals surface area contributed by atoms with Crippen LogP contribution >= 0.6 is 23.2 Å². The second kappa shape index (κ2) is 11.8. The fraction of sp³-hybridized carbons (Fsp3) is 0.462. The maximum atomic E-state index is 13.3. The highest BCUT2D eigenvalue weighted by molar-refractivity contribution is 6.36. The SMILES string of the molecule is CC[C@H](C)NC(=O)[C@@H](C)N(Cc1c(Cl)cccc1Cl)C(=O)COc1ccccc1C(C)(C)C. The molecule has 33 heavy (non-hydrogen) atoms. The first-order valence-corrected chi connectivity index (χ1v) is 12.0. The summed E-state index contributed by atoms with van der Waals surface area (Å²) in [4.78, 5) is 27.7. The molecule has 0 aliphatic carbocycles. The average molecular weight is 493 g/mol. The number of hydrogen-bond donors (Lipinski definition) is 1. The predicted molar refractivity (Wildman–Crippen MR) is 135 cm³/mol. The molecule has 180 valence electrons. The molecule has 7 heteroatoms. The van der Waals surface area contributed by atoms with Gasteiger partial charge in [0.2, 0.25) is 5.91 Å². The van der Waals surface area contributed by atoms with E-state index in [9.17, 15) is 9.59 Å². The Morgan fingerprint density at radius 1 is 1.03 bits per heavy atom. The summed E-state index contributed by atoms with van der Waals surface area (Å²) >= 11 is 12.7. The topological polar surface area (TPSA) is 58.6 Å². The zero-order valence-electron chi connectivity index (χ0n) is 20.2. The first-order valence-electron chi connectivity index (χ1n) is 11.2. The molecule has 0 radical (unpaired) electrons. The highest BCUT2D eigenvalue weighted by Gasteiger charge is 2.29. The normalized spacial score (nSPS) is 13.2. The summed E-state index contributed by atoms with van der Waals surface area (Å²) < 4.78 is 5.95. The van der Waals surface area contributed by atoms with Crippen LogP contribution in [0.25, 0.3) is 0 Å². The molecule has 0 bridgehead atoms. The zero-order valence-corrected chi connectivity index (χ0v) is 21.8. The van der Waals surface area contributed by atoms with Crippen molar-refractivity contribution < 1.29 is 14.3 Å². The van der Waals surface area contributed by atoms with Crippen molar-refractivity contribution in [2.24, 2.45) is 0 Å². The van der Waals surface area contributed by atoms with E-state index < -0.39 is 6.04 Å². The molecule has 0 aliphatic heterocycles. The first kappa shape index (κ1) is 27.0. The number of benzene rings is 2. The number of amides is 2. The summed E-state index contributed by atoms with van der Waals surface area (Å²) in [5, 5.41) is 3.82. The molecule has 0 spiro atoms. The van der Waals surface area contributed by atoms with Crippen LogP contribution in [0.5, 0.6) is 5.75 Å². The molecule has 0 aliphatic rings. The smallest absolute Gasteiger partial charge is 0.261 e. The van der Waals surface area contributed by atoms with Gasteiger partial charge in [-0.3, -0.25) is 9.59 Å². The molecule has 2 aromatic rings. The molecule has 0 heterocycles. The Balaban J connectivity index is 2.29. The Labute approximate surface area is 207 Å². The summed E-state index contributed by atoms with van der Waals surface area (Å²) in [5.41, 5.74) is 1.45. The maximum absolute atomic E-state index is 13.3. The summed E-state index contributed by atoms with van der Waals surface area (Å²) in [7, 11) is 0.